The molecule has 0 heterocycles. The molecule has 0 bridgehead atoms. The average molecular weight is 207 g/mol. The minimum absolute atomic E-state index is 0. The number of hydrogen-bond acceptors (Lipinski definition) is 1. The Labute approximate surface area is 86.8 Å². The van der Waals surface area contributed by atoms with Crippen LogP contribution in [-0.2, 0) is 4.57 Å². The molecule has 0 spiro atoms. The maximum atomic E-state index is 10.7. The van der Waals surface area contributed by atoms with Crippen molar-refractivity contribution < 1.29 is 9.46 Å². The summed E-state index contributed by atoms with van der Waals surface area (Å²) in [5.74, 6) is 0. The predicted molar refractivity (Wildman–Crippen MR) is 58.0 cm³/mol. The highest BCUT2D eigenvalue weighted by Crippen LogP contribution is 2.29. The van der Waals surface area contributed by atoms with Crippen molar-refractivity contribution in [1.29, 1.82) is 0 Å². The largest absolute Gasteiger partial charge is 0.508 e. The molecule has 0 saturated carbocycles. The predicted octanol–water partition coefficient (Wildman–Crippen LogP) is 1.90. The lowest BCUT2D eigenvalue weighted by Gasteiger charge is -1.99. The van der Waals surface area contributed by atoms with Gasteiger partial charge in [-0.3, -0.25) is 0 Å². The van der Waals surface area contributed by atoms with Crippen molar-refractivity contribution in [3.8, 4) is 0 Å². The van der Waals surface area contributed by atoms with Gasteiger partial charge in [0.25, 0.3) is 0 Å². The lowest BCUT2D eigenvalue weighted by atomic mass is 10.1. The summed E-state index contributed by atoms with van der Waals surface area (Å²) in [5.41, 5.74) is 0.0385. The summed E-state index contributed by atoms with van der Waals surface area (Å²) in [4.78, 5) is 8.82. The van der Waals surface area contributed by atoms with Crippen LogP contribution in [0.3, 0.4) is 0 Å². The Morgan fingerprint density at radius 2 is 1.92 bits per heavy atom. The monoisotopic (exact) mass is 207 g/mol. The van der Waals surface area contributed by atoms with Gasteiger partial charge in [-0.1, -0.05) is 26.7 Å². The molecule has 72 valence electrons. The molecule has 2 atom stereocenters. The maximum Gasteiger partial charge on any atom is 0.508 e. The quantitative estimate of drug-likeness (QED) is 0.410. The first-order valence-electron chi connectivity index (χ1n) is 4.37. The first-order chi connectivity index (χ1) is 5.22. The molecule has 2 nitrogen and oxygen atoms in total. The highest BCUT2D eigenvalue weighted by atomic mass is 31.1. The fourth-order valence-electron chi connectivity index (χ4n) is 1.10. The second-order valence-electron chi connectivity index (χ2n) is 2.86. The van der Waals surface area contributed by atoms with Crippen LogP contribution in [0.4, 0.5) is 0 Å². The Bertz CT molecular complexity index is 120. The molecule has 0 fully saturated rings. The lowest BCUT2D eigenvalue weighted by Crippen LogP contribution is -1.99. The van der Waals surface area contributed by atoms with Gasteiger partial charge in [-0.25, -0.2) is 0 Å². The van der Waals surface area contributed by atoms with E-state index in [9.17, 15) is 4.57 Å². The van der Waals surface area contributed by atoms with E-state index in [-0.39, 0.29) is 23.0 Å². The molecule has 0 rings (SSSR count). The lowest BCUT2D eigenvalue weighted by molar-refractivity contribution is 0.475. The highest BCUT2D eigenvalue weighted by molar-refractivity contribution is 7.38. The van der Waals surface area contributed by atoms with Gasteiger partial charge in [-0.15, -0.1) is 0 Å². The van der Waals surface area contributed by atoms with Crippen molar-refractivity contribution in [2.24, 2.45) is 0 Å². The van der Waals surface area contributed by atoms with Gasteiger partial charge in [0.2, 0.25) is 0 Å². The molecule has 0 aliphatic heterocycles. The third-order valence-corrected chi connectivity index (χ3v) is 3.17. The summed E-state index contributed by atoms with van der Waals surface area (Å²) in [6.07, 6.45) is 5.19. The second kappa shape index (κ2) is 9.68. The molecule has 0 aliphatic rings. The molecule has 4 heteroatoms. The molecule has 12 heavy (non-hydrogen) atoms. The zero-order chi connectivity index (χ0) is 8.69. The van der Waals surface area contributed by atoms with E-state index in [1.54, 1.807) is 0 Å². The molecule has 1 N–H and O–H groups in total. The summed E-state index contributed by atoms with van der Waals surface area (Å²) >= 11 is 0. The molecule has 0 amide bonds. The van der Waals surface area contributed by atoms with Gasteiger partial charge in [0, 0.05) is 0 Å². The van der Waals surface area contributed by atoms with Gasteiger partial charge in [0.05, 0.1) is 0 Å². The van der Waals surface area contributed by atoms with Gasteiger partial charge >= 0.3 is 8.03 Å². The highest BCUT2D eigenvalue weighted by Gasteiger charge is 2.25. The molecule has 0 radical (unpaired) electrons. The zero-order valence-electron chi connectivity index (χ0n) is 7.42. The van der Waals surface area contributed by atoms with Gasteiger partial charge in [0.15, 0.2) is 23.0 Å². The molecule has 0 aromatic heterocycles. The van der Waals surface area contributed by atoms with E-state index < -0.39 is 8.03 Å². The molecule has 2 unspecified atom stereocenters. The van der Waals surface area contributed by atoms with Crippen molar-refractivity contribution in [1.82, 2.24) is 0 Å². The van der Waals surface area contributed by atoms with E-state index in [0.717, 1.165) is 19.3 Å². The normalized spacial score (nSPS) is 13.4. The number of hydrogen-bond donors (Lipinski definition) is 1. The van der Waals surface area contributed by atoms with E-state index in [4.69, 9.17) is 4.89 Å². The Morgan fingerprint density at radius 3 is 2.25 bits per heavy atom. The van der Waals surface area contributed by atoms with Crippen LogP contribution in [0, 0.1) is 0 Å². The van der Waals surface area contributed by atoms with Gasteiger partial charge in [0.1, 0.15) is 0 Å². The molecule has 0 aromatic rings. The summed E-state index contributed by atoms with van der Waals surface area (Å²) in [5, 5.41) is 0. The molecule has 0 saturated heterocycles. The summed E-state index contributed by atoms with van der Waals surface area (Å²) < 4.78 is 10.7. The first-order valence-corrected chi connectivity index (χ1v) is 5.65. The van der Waals surface area contributed by atoms with Gasteiger partial charge in [-0.05, 0) is 23.8 Å². The third kappa shape index (κ3) is 7.25. The van der Waals surface area contributed by atoms with Gasteiger partial charge < -0.3 is 0 Å². The Balaban J connectivity index is 0. The van der Waals surface area contributed by atoms with Crippen LogP contribution < -0.4 is 0 Å². The van der Waals surface area contributed by atoms with Crippen molar-refractivity contribution in [2.45, 2.75) is 51.6 Å². The van der Waals surface area contributed by atoms with Crippen molar-refractivity contribution in [3.63, 3.8) is 0 Å². The first kappa shape index (κ1) is 15.1. The summed E-state index contributed by atoms with van der Waals surface area (Å²) in [6, 6.07) is 0. The third-order valence-electron chi connectivity index (χ3n) is 1.92. The maximum absolute atomic E-state index is 10.7. The minimum Gasteiger partial charge on any atom is -0.161 e. The van der Waals surface area contributed by atoms with Crippen molar-refractivity contribution >= 4 is 25.4 Å². The second-order valence-corrected chi connectivity index (χ2v) is 4.20. The van der Waals surface area contributed by atoms with E-state index in [2.05, 4.69) is 6.92 Å². The van der Waals surface area contributed by atoms with Crippen LogP contribution >= 0.6 is 8.03 Å². The topological polar surface area (TPSA) is 37.3 Å². The summed E-state index contributed by atoms with van der Waals surface area (Å²) in [6.45, 7) is 4.11. The number of rotatable bonds is 6. The average Bonchev–Trinajstić information content (AvgIpc) is 1.97. The minimum atomic E-state index is -1.93. The van der Waals surface area contributed by atoms with Crippen LogP contribution in [0.25, 0.3) is 0 Å². The Hall–Kier alpha value is 0.592. The zero-order valence-corrected chi connectivity index (χ0v) is 8.31. The summed E-state index contributed by atoms with van der Waals surface area (Å²) in [7, 11) is -1.93. The van der Waals surface area contributed by atoms with E-state index in [1.807, 2.05) is 6.92 Å². The fourth-order valence-corrected chi connectivity index (χ4v) is 1.82. The van der Waals surface area contributed by atoms with E-state index in [0.29, 0.717) is 0 Å². The van der Waals surface area contributed by atoms with Crippen molar-refractivity contribution in [2.75, 3.05) is 0 Å². The van der Waals surface area contributed by atoms with Crippen LogP contribution in [0.5, 0.6) is 0 Å². The SMILES string of the molecule is CCCCCC(CC)[P+](=O)O.[AlH3]. The number of unbranched alkanes of at least 4 members (excludes halogenated alkanes) is 2. The molecular weight excluding hydrogens is 186 g/mol. The van der Waals surface area contributed by atoms with E-state index in [1.165, 1.54) is 12.8 Å². The standard InChI is InChI=1S/C8H17O2P.Al.3H/c1-3-5-6-7-8(4-2)11(9)10;;;;/h8H,3-7H2,1-2H3;;;;/p+1. The smallest absolute Gasteiger partial charge is 0.161 e. The Kier molecular flexibility index (Phi) is 12.2. The van der Waals surface area contributed by atoms with E-state index >= 15 is 0 Å². The van der Waals surface area contributed by atoms with Crippen molar-refractivity contribution in [3.05, 3.63) is 0 Å². The fraction of sp³-hybridized carbons (Fsp3) is 1.00. The van der Waals surface area contributed by atoms with Gasteiger partial charge in [-0.2, -0.15) is 4.89 Å². The van der Waals surface area contributed by atoms with Crippen LogP contribution in [0.15, 0.2) is 0 Å². The Morgan fingerprint density at radius 1 is 1.33 bits per heavy atom. The van der Waals surface area contributed by atoms with Crippen LogP contribution in [-0.4, -0.2) is 27.9 Å². The van der Waals surface area contributed by atoms with Crippen LogP contribution in [0.2, 0.25) is 0 Å². The van der Waals surface area contributed by atoms with Crippen LogP contribution in [0.1, 0.15) is 46.0 Å². The molecule has 0 aliphatic carbocycles. The molecule has 0 aromatic carbocycles. The molecular formula is C8H21AlO2P+.